The molecule has 2 aromatic rings. The van der Waals surface area contributed by atoms with Gasteiger partial charge in [0.2, 0.25) is 0 Å². The van der Waals surface area contributed by atoms with Crippen LogP contribution in [0.2, 0.25) is 0 Å². The van der Waals surface area contributed by atoms with Gasteiger partial charge in [-0.3, -0.25) is 4.79 Å². The van der Waals surface area contributed by atoms with Crippen molar-refractivity contribution in [3.8, 4) is 11.5 Å². The quantitative estimate of drug-likeness (QED) is 0.470. The lowest BCUT2D eigenvalue weighted by molar-refractivity contribution is -0.139. The van der Waals surface area contributed by atoms with Crippen LogP contribution in [0.3, 0.4) is 0 Å². The molecular weight excluding hydrogens is 442 g/mol. The molecule has 0 radical (unpaired) electrons. The Kier molecular flexibility index (Phi) is 9.67. The van der Waals surface area contributed by atoms with Gasteiger partial charge < -0.3 is 19.9 Å². The summed E-state index contributed by atoms with van der Waals surface area (Å²) in [6, 6.07) is 13.2. The maximum Gasteiger partial charge on any atom is 0.320 e. The van der Waals surface area contributed by atoms with E-state index in [1.807, 2.05) is 55.6 Å². The Bertz CT molecular complexity index is 758. The summed E-state index contributed by atoms with van der Waals surface area (Å²) in [5, 5.41) is 12.5. The number of ether oxygens (including phenoxy) is 2. The number of hydrogen-bond acceptors (Lipinski definition) is 5. The Hall–Kier alpha value is -1.70. The first-order valence-electron chi connectivity index (χ1n) is 9.12. The highest BCUT2D eigenvalue weighted by atomic mass is 79.9. The zero-order valence-corrected chi connectivity index (χ0v) is 18.5. The SMILES string of the molecule is CCOc1cc(CNC(CCSC)C(=O)O)cc(Br)c1OCc1ccccc1. The standard InChI is InChI=1S/C21H26BrNO4S/c1-3-26-19-12-16(13-23-18(21(24)25)9-10-28-2)11-17(22)20(19)27-14-15-7-5-4-6-8-15/h4-8,11-12,18,23H,3,9-10,13-14H2,1-2H3,(H,24,25). The Morgan fingerprint density at radius 1 is 1.21 bits per heavy atom. The minimum atomic E-state index is -0.832. The van der Waals surface area contributed by atoms with Crippen molar-refractivity contribution in [2.75, 3.05) is 18.6 Å². The molecule has 0 amide bonds. The van der Waals surface area contributed by atoms with Gasteiger partial charge in [0.25, 0.3) is 0 Å². The van der Waals surface area contributed by atoms with Gasteiger partial charge in [0.15, 0.2) is 11.5 Å². The average molecular weight is 468 g/mol. The van der Waals surface area contributed by atoms with E-state index >= 15 is 0 Å². The maximum atomic E-state index is 11.4. The number of halogens is 1. The molecule has 0 aromatic heterocycles. The maximum absolute atomic E-state index is 11.4. The normalized spacial score (nSPS) is 11.8. The van der Waals surface area contributed by atoms with Crippen molar-refractivity contribution in [3.05, 3.63) is 58.1 Å². The fourth-order valence-electron chi connectivity index (χ4n) is 2.65. The number of rotatable bonds is 12. The predicted octanol–water partition coefficient (Wildman–Crippen LogP) is 4.72. The third-order valence-corrected chi connectivity index (χ3v) is 5.29. The van der Waals surface area contributed by atoms with Crippen molar-refractivity contribution >= 4 is 33.7 Å². The van der Waals surface area contributed by atoms with Crippen LogP contribution in [0.15, 0.2) is 46.9 Å². The fourth-order valence-corrected chi connectivity index (χ4v) is 3.72. The Labute approximate surface area is 178 Å². The molecule has 5 nitrogen and oxygen atoms in total. The molecule has 0 saturated heterocycles. The Morgan fingerprint density at radius 3 is 2.61 bits per heavy atom. The minimum absolute atomic E-state index is 0.434. The molecule has 0 bridgehead atoms. The summed E-state index contributed by atoms with van der Waals surface area (Å²) in [6.45, 7) is 3.30. The molecular formula is C21H26BrNO4S. The van der Waals surface area contributed by atoms with Gasteiger partial charge in [0.05, 0.1) is 11.1 Å². The first-order valence-corrected chi connectivity index (χ1v) is 11.3. The molecule has 0 aliphatic rings. The summed E-state index contributed by atoms with van der Waals surface area (Å²) in [6.07, 6.45) is 2.55. The highest BCUT2D eigenvalue weighted by Gasteiger charge is 2.18. The van der Waals surface area contributed by atoms with Gasteiger partial charge in [-0.05, 0) is 64.5 Å². The van der Waals surface area contributed by atoms with Crippen LogP contribution in [0.1, 0.15) is 24.5 Å². The lowest BCUT2D eigenvalue weighted by Gasteiger charge is -2.17. The number of nitrogens with one attached hydrogen (secondary N) is 1. The Balaban J connectivity index is 2.11. The summed E-state index contributed by atoms with van der Waals surface area (Å²) in [5.74, 6) is 1.25. The fraction of sp³-hybridized carbons (Fsp3) is 0.381. The first-order chi connectivity index (χ1) is 13.5. The molecule has 0 spiro atoms. The number of carboxylic acid groups (broad SMARTS) is 1. The van der Waals surface area contributed by atoms with Crippen LogP contribution in [-0.2, 0) is 17.9 Å². The minimum Gasteiger partial charge on any atom is -0.490 e. The van der Waals surface area contributed by atoms with Crippen molar-refractivity contribution in [3.63, 3.8) is 0 Å². The summed E-state index contributed by atoms with van der Waals surface area (Å²) in [5.41, 5.74) is 2.00. The molecule has 2 rings (SSSR count). The lowest BCUT2D eigenvalue weighted by atomic mass is 10.1. The van der Waals surface area contributed by atoms with E-state index in [9.17, 15) is 9.90 Å². The van der Waals surface area contributed by atoms with Gasteiger partial charge in [-0.2, -0.15) is 11.8 Å². The summed E-state index contributed by atoms with van der Waals surface area (Å²) in [4.78, 5) is 11.4. The third-order valence-electron chi connectivity index (χ3n) is 4.06. The van der Waals surface area contributed by atoms with Gasteiger partial charge in [0, 0.05) is 6.54 Å². The van der Waals surface area contributed by atoms with E-state index in [4.69, 9.17) is 9.47 Å². The van der Waals surface area contributed by atoms with E-state index in [0.29, 0.717) is 37.7 Å². The second-order valence-electron chi connectivity index (χ2n) is 6.17. The van der Waals surface area contributed by atoms with Crippen LogP contribution in [0, 0.1) is 0 Å². The van der Waals surface area contributed by atoms with Crippen molar-refractivity contribution in [2.24, 2.45) is 0 Å². The summed E-state index contributed by atoms with van der Waals surface area (Å²) >= 11 is 5.21. The van der Waals surface area contributed by atoms with E-state index in [1.54, 1.807) is 11.8 Å². The number of carbonyl (C=O) groups is 1. The summed E-state index contributed by atoms with van der Waals surface area (Å²) < 4.78 is 12.5. The molecule has 0 aliphatic carbocycles. The zero-order valence-electron chi connectivity index (χ0n) is 16.1. The molecule has 152 valence electrons. The third kappa shape index (κ3) is 7.04. The topological polar surface area (TPSA) is 67.8 Å². The van der Waals surface area contributed by atoms with Gasteiger partial charge >= 0.3 is 5.97 Å². The number of carboxylic acids is 1. The van der Waals surface area contributed by atoms with E-state index < -0.39 is 12.0 Å². The molecule has 0 aliphatic heterocycles. The predicted molar refractivity (Wildman–Crippen MR) is 117 cm³/mol. The van der Waals surface area contributed by atoms with Crippen LogP contribution < -0.4 is 14.8 Å². The van der Waals surface area contributed by atoms with Crippen molar-refractivity contribution in [1.82, 2.24) is 5.32 Å². The first kappa shape index (κ1) is 22.6. The Morgan fingerprint density at radius 2 is 1.96 bits per heavy atom. The number of aliphatic carboxylic acids is 1. The van der Waals surface area contributed by atoms with Crippen molar-refractivity contribution in [2.45, 2.75) is 32.5 Å². The second-order valence-corrected chi connectivity index (χ2v) is 8.01. The molecule has 2 aromatic carbocycles. The molecule has 1 unspecified atom stereocenters. The van der Waals surface area contributed by atoms with Crippen molar-refractivity contribution in [1.29, 1.82) is 0 Å². The molecule has 1 atom stereocenters. The average Bonchev–Trinajstić information content (AvgIpc) is 2.68. The van der Waals surface area contributed by atoms with Crippen LogP contribution in [0.4, 0.5) is 0 Å². The largest absolute Gasteiger partial charge is 0.490 e. The van der Waals surface area contributed by atoms with E-state index in [1.165, 1.54) is 0 Å². The summed E-state index contributed by atoms with van der Waals surface area (Å²) in [7, 11) is 0. The van der Waals surface area contributed by atoms with Gasteiger partial charge in [-0.1, -0.05) is 30.3 Å². The molecule has 28 heavy (non-hydrogen) atoms. The van der Waals surface area contributed by atoms with Crippen LogP contribution in [0.5, 0.6) is 11.5 Å². The van der Waals surface area contributed by atoms with E-state index in [-0.39, 0.29) is 0 Å². The molecule has 0 saturated carbocycles. The number of benzene rings is 2. The second kappa shape index (κ2) is 12.0. The zero-order chi connectivity index (χ0) is 20.4. The van der Waals surface area contributed by atoms with E-state index in [2.05, 4.69) is 21.2 Å². The van der Waals surface area contributed by atoms with Gasteiger partial charge in [-0.25, -0.2) is 0 Å². The monoisotopic (exact) mass is 467 g/mol. The molecule has 0 heterocycles. The smallest absolute Gasteiger partial charge is 0.320 e. The van der Waals surface area contributed by atoms with Crippen LogP contribution >= 0.6 is 27.7 Å². The molecule has 7 heteroatoms. The highest BCUT2D eigenvalue weighted by Crippen LogP contribution is 2.37. The molecule has 2 N–H and O–H groups in total. The van der Waals surface area contributed by atoms with Crippen LogP contribution in [0.25, 0.3) is 0 Å². The molecule has 0 fully saturated rings. The van der Waals surface area contributed by atoms with E-state index in [0.717, 1.165) is 21.4 Å². The number of hydrogen-bond donors (Lipinski definition) is 2. The highest BCUT2D eigenvalue weighted by molar-refractivity contribution is 9.10. The van der Waals surface area contributed by atoms with Gasteiger partial charge in [0.1, 0.15) is 12.6 Å². The lowest BCUT2D eigenvalue weighted by Crippen LogP contribution is -2.36. The van der Waals surface area contributed by atoms with Crippen molar-refractivity contribution < 1.29 is 19.4 Å². The van der Waals surface area contributed by atoms with Crippen LogP contribution in [-0.4, -0.2) is 35.7 Å². The van der Waals surface area contributed by atoms with Gasteiger partial charge in [-0.15, -0.1) is 0 Å². The number of thioether (sulfide) groups is 1.